The van der Waals surface area contributed by atoms with Gasteiger partial charge in [-0.2, -0.15) is 0 Å². The van der Waals surface area contributed by atoms with Crippen molar-refractivity contribution in [1.82, 2.24) is 9.62 Å². The van der Waals surface area contributed by atoms with E-state index in [1.165, 1.54) is 0 Å². The normalized spacial score (nSPS) is 16.3. The molecule has 2 aromatic carbocycles. The van der Waals surface area contributed by atoms with Crippen molar-refractivity contribution in [2.45, 2.75) is 18.6 Å². The van der Waals surface area contributed by atoms with Gasteiger partial charge in [-0.15, -0.1) is 0 Å². The number of piperidine rings is 1. The molecule has 0 saturated carbocycles. The first-order valence-electron chi connectivity index (χ1n) is 8.89. The lowest BCUT2D eigenvalue weighted by atomic mass is 9.98. The molecule has 1 aliphatic heterocycles. The topological polar surface area (TPSA) is 66.5 Å². The Hall–Kier alpha value is -2.18. The number of nitrogens with one attached hydrogen (secondary N) is 1. The fourth-order valence-electron chi connectivity index (χ4n) is 3.20. The van der Waals surface area contributed by atoms with Crippen molar-refractivity contribution in [3.8, 4) is 0 Å². The zero-order chi connectivity index (χ0) is 18.4. The highest BCUT2D eigenvalue weighted by molar-refractivity contribution is 7.88. The Kier molecular flexibility index (Phi) is 6.06. The van der Waals surface area contributed by atoms with E-state index in [2.05, 4.69) is 5.32 Å². The van der Waals surface area contributed by atoms with Gasteiger partial charge in [0.15, 0.2) is 0 Å². The van der Waals surface area contributed by atoms with Gasteiger partial charge in [0.1, 0.15) is 0 Å². The lowest BCUT2D eigenvalue weighted by molar-refractivity contribution is 0.0941. The van der Waals surface area contributed by atoms with Gasteiger partial charge < -0.3 is 5.32 Å². The Morgan fingerprint density at radius 1 is 0.962 bits per heavy atom. The molecular weight excluding hydrogens is 348 g/mol. The van der Waals surface area contributed by atoms with Gasteiger partial charge in [-0.3, -0.25) is 4.79 Å². The Balaban J connectivity index is 1.47. The minimum absolute atomic E-state index is 0.0449. The highest BCUT2D eigenvalue weighted by atomic mass is 32.2. The summed E-state index contributed by atoms with van der Waals surface area (Å²) in [6, 6.07) is 18.4. The number of nitrogens with zero attached hydrogens (tertiary/aromatic N) is 1. The molecule has 0 spiro atoms. The molecule has 0 bridgehead atoms. The number of amides is 1. The molecule has 5 nitrogen and oxygen atoms in total. The van der Waals surface area contributed by atoms with E-state index >= 15 is 0 Å². The number of carbonyl (C=O) groups excluding carboxylic acids is 1. The lowest BCUT2D eigenvalue weighted by Gasteiger charge is -2.31. The Labute approximate surface area is 155 Å². The highest BCUT2D eigenvalue weighted by Gasteiger charge is 2.28. The molecule has 1 saturated heterocycles. The molecule has 26 heavy (non-hydrogen) atoms. The van der Waals surface area contributed by atoms with Gasteiger partial charge in [0.25, 0.3) is 5.91 Å². The first kappa shape index (κ1) is 18.6. The van der Waals surface area contributed by atoms with Crippen LogP contribution in [0.5, 0.6) is 0 Å². The fourth-order valence-corrected chi connectivity index (χ4v) is 4.76. The van der Waals surface area contributed by atoms with Crippen LogP contribution < -0.4 is 5.32 Å². The molecule has 3 rings (SSSR count). The maximum absolute atomic E-state index is 12.6. The molecule has 0 atom stereocenters. The average molecular weight is 372 g/mol. The number of sulfonamides is 1. The maximum Gasteiger partial charge on any atom is 0.251 e. The summed E-state index contributed by atoms with van der Waals surface area (Å²) in [6.07, 6.45) is 1.53. The van der Waals surface area contributed by atoms with Crippen molar-refractivity contribution in [2.75, 3.05) is 19.6 Å². The molecule has 0 radical (unpaired) electrons. The van der Waals surface area contributed by atoms with Gasteiger partial charge in [-0.05, 0) is 36.5 Å². The van der Waals surface area contributed by atoms with Crippen molar-refractivity contribution >= 4 is 15.9 Å². The molecule has 2 aromatic rings. The van der Waals surface area contributed by atoms with E-state index in [9.17, 15) is 13.2 Å². The van der Waals surface area contributed by atoms with Crippen LogP contribution in [0.3, 0.4) is 0 Å². The Bertz CT molecular complexity index is 815. The summed E-state index contributed by atoms with van der Waals surface area (Å²) in [5.74, 6) is 0.277. The zero-order valence-electron chi connectivity index (χ0n) is 14.7. The van der Waals surface area contributed by atoms with Gasteiger partial charge in [0.05, 0.1) is 5.75 Å². The van der Waals surface area contributed by atoms with E-state index in [0.717, 1.165) is 18.4 Å². The molecule has 0 unspecified atom stereocenters. The van der Waals surface area contributed by atoms with Crippen LogP contribution in [0.15, 0.2) is 60.7 Å². The number of benzene rings is 2. The largest absolute Gasteiger partial charge is 0.352 e. The minimum atomic E-state index is -3.29. The van der Waals surface area contributed by atoms with Crippen molar-refractivity contribution in [3.05, 3.63) is 71.8 Å². The molecule has 1 heterocycles. The van der Waals surface area contributed by atoms with Crippen LogP contribution in [-0.4, -0.2) is 38.3 Å². The number of hydrogen-bond donors (Lipinski definition) is 1. The van der Waals surface area contributed by atoms with Crippen molar-refractivity contribution in [1.29, 1.82) is 0 Å². The highest BCUT2D eigenvalue weighted by Crippen LogP contribution is 2.21. The minimum Gasteiger partial charge on any atom is -0.352 e. The van der Waals surface area contributed by atoms with Gasteiger partial charge in [0, 0.05) is 25.2 Å². The Morgan fingerprint density at radius 3 is 2.15 bits per heavy atom. The predicted molar refractivity (Wildman–Crippen MR) is 102 cm³/mol. The van der Waals surface area contributed by atoms with Crippen LogP contribution in [0.4, 0.5) is 0 Å². The third-order valence-electron chi connectivity index (χ3n) is 4.75. The second-order valence-corrected chi connectivity index (χ2v) is 8.63. The smallest absolute Gasteiger partial charge is 0.251 e. The SMILES string of the molecule is O=C(NCC1CCN(S(=O)(=O)Cc2ccccc2)CC1)c1ccccc1. The standard InChI is InChI=1S/C20H24N2O3S/c23-20(19-9-5-2-6-10-19)21-15-17-11-13-22(14-12-17)26(24,25)16-18-7-3-1-4-8-18/h1-10,17H,11-16H2,(H,21,23). The summed E-state index contributed by atoms with van der Waals surface area (Å²) in [4.78, 5) is 12.1. The van der Waals surface area contributed by atoms with Crippen LogP contribution in [0.25, 0.3) is 0 Å². The molecular formula is C20H24N2O3S. The molecule has 1 N–H and O–H groups in total. The van der Waals surface area contributed by atoms with Crippen LogP contribution in [-0.2, 0) is 15.8 Å². The molecule has 138 valence electrons. The van der Waals surface area contributed by atoms with Gasteiger partial charge in [-0.25, -0.2) is 12.7 Å². The summed E-state index contributed by atoms with van der Waals surface area (Å²) in [5, 5.41) is 2.96. The first-order chi connectivity index (χ1) is 12.5. The van der Waals surface area contributed by atoms with Crippen LogP contribution in [0.1, 0.15) is 28.8 Å². The predicted octanol–water partition coefficient (Wildman–Crippen LogP) is 2.66. The third kappa shape index (κ3) is 4.93. The molecule has 1 aliphatic rings. The quantitative estimate of drug-likeness (QED) is 0.848. The van der Waals surface area contributed by atoms with Gasteiger partial charge >= 0.3 is 0 Å². The van der Waals surface area contributed by atoms with Crippen LogP contribution >= 0.6 is 0 Å². The number of hydrogen-bond acceptors (Lipinski definition) is 3. The summed E-state index contributed by atoms with van der Waals surface area (Å²) in [5.41, 5.74) is 1.46. The second-order valence-electron chi connectivity index (χ2n) is 6.66. The molecule has 0 aliphatic carbocycles. The van der Waals surface area contributed by atoms with Gasteiger partial charge in [0.2, 0.25) is 10.0 Å². The van der Waals surface area contributed by atoms with E-state index in [4.69, 9.17) is 0 Å². The summed E-state index contributed by atoms with van der Waals surface area (Å²) < 4.78 is 26.7. The lowest BCUT2D eigenvalue weighted by Crippen LogP contribution is -2.42. The maximum atomic E-state index is 12.6. The van der Waals surface area contributed by atoms with E-state index in [1.54, 1.807) is 16.4 Å². The summed E-state index contributed by atoms with van der Waals surface area (Å²) in [6.45, 7) is 1.61. The second kappa shape index (κ2) is 8.47. The van der Waals surface area contributed by atoms with Gasteiger partial charge in [-0.1, -0.05) is 48.5 Å². The third-order valence-corrected chi connectivity index (χ3v) is 6.60. The molecule has 1 amide bonds. The van der Waals surface area contributed by atoms with Crippen molar-refractivity contribution < 1.29 is 13.2 Å². The van der Waals surface area contributed by atoms with E-state index < -0.39 is 10.0 Å². The summed E-state index contributed by atoms with van der Waals surface area (Å²) >= 11 is 0. The van der Waals surface area contributed by atoms with Crippen molar-refractivity contribution in [3.63, 3.8) is 0 Å². The molecule has 6 heteroatoms. The molecule has 1 fully saturated rings. The molecule has 0 aromatic heterocycles. The van der Waals surface area contributed by atoms with Crippen molar-refractivity contribution in [2.24, 2.45) is 5.92 Å². The first-order valence-corrected chi connectivity index (χ1v) is 10.5. The number of carbonyl (C=O) groups is 1. The van der Waals surface area contributed by atoms with E-state index in [1.807, 2.05) is 48.5 Å². The van der Waals surface area contributed by atoms with E-state index in [0.29, 0.717) is 31.1 Å². The Morgan fingerprint density at radius 2 is 1.54 bits per heavy atom. The zero-order valence-corrected chi connectivity index (χ0v) is 15.5. The van der Waals surface area contributed by atoms with E-state index in [-0.39, 0.29) is 11.7 Å². The summed E-state index contributed by atoms with van der Waals surface area (Å²) in [7, 11) is -3.29. The van der Waals surface area contributed by atoms with Crippen LogP contribution in [0, 0.1) is 5.92 Å². The average Bonchev–Trinajstić information content (AvgIpc) is 2.67. The number of rotatable bonds is 6. The monoisotopic (exact) mass is 372 g/mol. The van der Waals surface area contributed by atoms with Crippen LogP contribution in [0.2, 0.25) is 0 Å². The fraction of sp³-hybridized carbons (Fsp3) is 0.350.